The molecule has 0 aliphatic carbocycles. The Labute approximate surface area is 271 Å². The van der Waals surface area contributed by atoms with Crippen molar-refractivity contribution in [3.8, 4) is 56.2 Å². The Bertz CT molecular complexity index is 2510. The van der Waals surface area contributed by atoms with Crippen molar-refractivity contribution in [1.29, 1.82) is 0 Å². The third-order valence-corrected chi connectivity index (χ3v) is 8.71. The normalized spacial score (nSPS) is 11.4. The van der Waals surface area contributed by atoms with E-state index in [9.17, 15) is 0 Å². The van der Waals surface area contributed by atoms with Gasteiger partial charge in [-0.15, -0.1) is 0 Å². The Kier molecular flexibility index (Phi) is 6.43. The molecule has 9 rings (SSSR count). The van der Waals surface area contributed by atoms with Crippen molar-refractivity contribution in [3.63, 3.8) is 0 Å². The van der Waals surface area contributed by atoms with Crippen molar-refractivity contribution >= 4 is 32.8 Å². The molecule has 0 radical (unpaired) electrons. The van der Waals surface area contributed by atoms with Crippen LogP contribution in [0.15, 0.2) is 168 Å². The van der Waals surface area contributed by atoms with Crippen molar-refractivity contribution in [2.24, 2.45) is 0 Å². The van der Waals surface area contributed by atoms with Crippen LogP contribution in [0, 0.1) is 0 Å². The SMILES string of the molecule is c1ccc(-c2cc(-c3ccccc3)nc(-c3cc(-c4ccc5ccccc5c4)cc(-c4cnc5oc6ccccc6c5c4)c3)n2)cc1. The summed E-state index contributed by atoms with van der Waals surface area (Å²) in [4.78, 5) is 15.1. The largest absolute Gasteiger partial charge is 0.438 e. The number of benzene rings is 6. The smallest absolute Gasteiger partial charge is 0.227 e. The highest BCUT2D eigenvalue weighted by Gasteiger charge is 2.15. The molecule has 0 saturated heterocycles. The minimum Gasteiger partial charge on any atom is -0.438 e. The lowest BCUT2D eigenvalue weighted by Crippen LogP contribution is -1.97. The number of rotatable bonds is 5. The average molecular weight is 602 g/mol. The first kappa shape index (κ1) is 27.0. The maximum absolute atomic E-state index is 6.05. The number of aromatic nitrogens is 3. The monoisotopic (exact) mass is 601 g/mol. The fourth-order valence-corrected chi connectivity index (χ4v) is 6.32. The quantitative estimate of drug-likeness (QED) is 0.197. The Balaban J connectivity index is 1.28. The Morgan fingerprint density at radius 3 is 1.74 bits per heavy atom. The van der Waals surface area contributed by atoms with Gasteiger partial charge in [0.2, 0.25) is 5.71 Å². The van der Waals surface area contributed by atoms with Crippen molar-refractivity contribution in [3.05, 3.63) is 164 Å². The van der Waals surface area contributed by atoms with Gasteiger partial charge in [0.05, 0.1) is 11.4 Å². The van der Waals surface area contributed by atoms with Crippen LogP contribution in [-0.4, -0.2) is 15.0 Å². The van der Waals surface area contributed by atoms with Gasteiger partial charge in [-0.25, -0.2) is 15.0 Å². The zero-order valence-corrected chi connectivity index (χ0v) is 25.3. The third-order valence-electron chi connectivity index (χ3n) is 8.71. The first-order valence-electron chi connectivity index (χ1n) is 15.7. The summed E-state index contributed by atoms with van der Waals surface area (Å²) in [5.41, 5.74) is 10.5. The van der Waals surface area contributed by atoms with Gasteiger partial charge in [0.25, 0.3) is 0 Å². The second kappa shape index (κ2) is 11.2. The van der Waals surface area contributed by atoms with Crippen LogP contribution in [0.3, 0.4) is 0 Å². The van der Waals surface area contributed by atoms with Crippen molar-refractivity contribution in [2.45, 2.75) is 0 Å². The molecule has 0 saturated carbocycles. The van der Waals surface area contributed by atoms with Gasteiger partial charge in [-0.1, -0.05) is 115 Å². The van der Waals surface area contributed by atoms with E-state index >= 15 is 0 Å². The number of furan rings is 1. The number of para-hydroxylation sites is 1. The van der Waals surface area contributed by atoms with Crippen LogP contribution >= 0.6 is 0 Å². The molecule has 220 valence electrons. The fraction of sp³-hybridized carbons (Fsp3) is 0. The van der Waals surface area contributed by atoms with Crippen molar-refractivity contribution in [2.75, 3.05) is 0 Å². The van der Waals surface area contributed by atoms with Crippen LogP contribution in [0.2, 0.25) is 0 Å². The van der Waals surface area contributed by atoms with Gasteiger partial charge in [0.15, 0.2) is 5.82 Å². The molecule has 47 heavy (non-hydrogen) atoms. The Morgan fingerprint density at radius 2 is 1.00 bits per heavy atom. The van der Waals surface area contributed by atoms with Crippen molar-refractivity contribution < 1.29 is 4.42 Å². The van der Waals surface area contributed by atoms with E-state index in [0.29, 0.717) is 11.5 Å². The van der Waals surface area contributed by atoms with E-state index < -0.39 is 0 Å². The first-order chi connectivity index (χ1) is 23.2. The number of fused-ring (bicyclic) bond motifs is 4. The topological polar surface area (TPSA) is 51.8 Å². The van der Waals surface area contributed by atoms with Crippen LogP contribution < -0.4 is 0 Å². The highest BCUT2D eigenvalue weighted by atomic mass is 16.3. The molecule has 3 aromatic heterocycles. The Morgan fingerprint density at radius 1 is 0.383 bits per heavy atom. The predicted molar refractivity (Wildman–Crippen MR) is 192 cm³/mol. The maximum atomic E-state index is 6.05. The molecule has 9 aromatic rings. The zero-order valence-electron chi connectivity index (χ0n) is 25.3. The lowest BCUT2D eigenvalue weighted by atomic mass is 9.94. The average Bonchev–Trinajstić information content (AvgIpc) is 3.53. The summed E-state index contributed by atoms with van der Waals surface area (Å²) in [6, 6.07) is 54.6. The molecule has 0 atom stereocenters. The predicted octanol–water partition coefficient (Wildman–Crippen LogP) is 11.3. The number of hydrogen-bond donors (Lipinski definition) is 0. The van der Waals surface area contributed by atoms with E-state index in [-0.39, 0.29) is 0 Å². The molecule has 0 aliphatic heterocycles. The molecule has 0 unspecified atom stereocenters. The van der Waals surface area contributed by atoms with Gasteiger partial charge in [-0.05, 0) is 69.9 Å². The second-order valence-electron chi connectivity index (χ2n) is 11.7. The summed E-state index contributed by atoms with van der Waals surface area (Å²) in [5.74, 6) is 0.664. The van der Waals surface area contributed by atoms with E-state index in [1.54, 1.807) is 0 Å². The van der Waals surface area contributed by atoms with Crippen LogP contribution in [-0.2, 0) is 0 Å². The van der Waals surface area contributed by atoms with Gasteiger partial charge in [0, 0.05) is 39.2 Å². The molecule has 4 heteroatoms. The van der Waals surface area contributed by atoms with E-state index in [1.165, 1.54) is 10.8 Å². The molecule has 6 aromatic carbocycles. The summed E-state index contributed by atoms with van der Waals surface area (Å²) < 4.78 is 6.05. The molecule has 0 aliphatic rings. The van der Waals surface area contributed by atoms with Crippen LogP contribution in [0.5, 0.6) is 0 Å². The van der Waals surface area contributed by atoms with Crippen LogP contribution in [0.4, 0.5) is 0 Å². The van der Waals surface area contributed by atoms with Crippen molar-refractivity contribution in [1.82, 2.24) is 15.0 Å². The maximum Gasteiger partial charge on any atom is 0.227 e. The van der Waals surface area contributed by atoms with E-state index in [4.69, 9.17) is 19.4 Å². The van der Waals surface area contributed by atoms with Gasteiger partial charge in [0.1, 0.15) is 5.58 Å². The molecular formula is C43H27N3O. The molecule has 3 heterocycles. The summed E-state index contributed by atoms with van der Waals surface area (Å²) in [5, 5.41) is 4.44. The standard InChI is InChI=1S/C43H27N3O/c1-3-12-29(13-4-1)39-26-40(30-14-5-2-6-15-30)46-42(45-39)35-23-33(32-20-19-28-11-7-8-16-31(28)21-32)22-34(24-35)36-25-38-37-17-9-10-18-41(37)47-43(38)44-27-36/h1-27H. The van der Waals surface area contributed by atoms with Gasteiger partial charge in [-0.3, -0.25) is 0 Å². The molecule has 0 spiro atoms. The highest BCUT2D eigenvalue weighted by Crippen LogP contribution is 2.37. The van der Waals surface area contributed by atoms with Gasteiger partial charge >= 0.3 is 0 Å². The lowest BCUT2D eigenvalue weighted by Gasteiger charge is -2.13. The molecule has 0 bridgehead atoms. The molecule has 0 amide bonds. The fourth-order valence-electron chi connectivity index (χ4n) is 6.32. The summed E-state index contributed by atoms with van der Waals surface area (Å²) >= 11 is 0. The van der Waals surface area contributed by atoms with Crippen LogP contribution in [0.1, 0.15) is 0 Å². The second-order valence-corrected chi connectivity index (χ2v) is 11.7. The molecule has 0 N–H and O–H groups in total. The first-order valence-corrected chi connectivity index (χ1v) is 15.7. The third kappa shape index (κ3) is 5.02. The highest BCUT2D eigenvalue weighted by molar-refractivity contribution is 6.05. The van der Waals surface area contributed by atoms with Crippen LogP contribution in [0.25, 0.3) is 89.0 Å². The summed E-state index contributed by atoms with van der Waals surface area (Å²) in [6.45, 7) is 0. The minimum absolute atomic E-state index is 0.632. The Hall–Kier alpha value is -6.39. The summed E-state index contributed by atoms with van der Waals surface area (Å²) in [6.07, 6.45) is 1.89. The number of nitrogens with zero attached hydrogens (tertiary/aromatic N) is 3. The molecular weight excluding hydrogens is 574 g/mol. The van der Waals surface area contributed by atoms with Gasteiger partial charge in [-0.2, -0.15) is 0 Å². The minimum atomic E-state index is 0.632. The number of hydrogen-bond acceptors (Lipinski definition) is 4. The zero-order chi connectivity index (χ0) is 31.2. The molecule has 0 fully saturated rings. The van der Waals surface area contributed by atoms with E-state index in [0.717, 1.165) is 66.7 Å². The van der Waals surface area contributed by atoms with E-state index in [1.807, 2.05) is 60.8 Å². The number of pyridine rings is 1. The molecule has 4 nitrogen and oxygen atoms in total. The summed E-state index contributed by atoms with van der Waals surface area (Å²) in [7, 11) is 0. The lowest BCUT2D eigenvalue weighted by molar-refractivity contribution is 0.654. The van der Waals surface area contributed by atoms with E-state index in [2.05, 4.69) is 103 Å². The van der Waals surface area contributed by atoms with Gasteiger partial charge < -0.3 is 4.42 Å².